The molecule has 0 spiro atoms. The molecule has 3 aromatic rings. The van der Waals surface area contributed by atoms with E-state index in [1.54, 1.807) is 7.05 Å². The van der Waals surface area contributed by atoms with Crippen LogP contribution in [0.25, 0.3) is 0 Å². The minimum atomic E-state index is -2.31. The van der Waals surface area contributed by atoms with Crippen LogP contribution in [-0.4, -0.2) is 68.7 Å². The Bertz CT molecular complexity index is 885. The molecule has 0 radical (unpaired) electrons. The zero-order chi connectivity index (χ0) is 23.7. The van der Waals surface area contributed by atoms with Crippen LogP contribution in [0.4, 0.5) is 0 Å². The van der Waals surface area contributed by atoms with Gasteiger partial charge in [0.25, 0.3) is 0 Å². The van der Waals surface area contributed by atoms with Gasteiger partial charge in [-0.15, -0.1) is 0 Å². The van der Waals surface area contributed by atoms with Gasteiger partial charge < -0.3 is 0 Å². The van der Waals surface area contributed by atoms with Crippen molar-refractivity contribution in [2.24, 2.45) is 0 Å². The predicted molar refractivity (Wildman–Crippen MR) is 145 cm³/mol. The van der Waals surface area contributed by atoms with E-state index in [0.717, 1.165) is 19.6 Å². The summed E-state index contributed by atoms with van der Waals surface area (Å²) in [6.45, 7) is 5.31. The fourth-order valence-corrected chi connectivity index (χ4v) is 10.3. The Morgan fingerprint density at radius 3 is 1.61 bits per heavy atom. The summed E-state index contributed by atoms with van der Waals surface area (Å²) in [5.74, 6) is 0.125. The van der Waals surface area contributed by atoms with Gasteiger partial charge in [0.2, 0.25) is 0 Å². The maximum atomic E-state index is 12.1. The normalized spacial score (nSPS) is 13.0. The number of hydrogen-bond acceptors (Lipinski definition) is 3. The fraction of sp³-hybridized carbons (Fsp3) is 0.321. The van der Waals surface area contributed by atoms with Gasteiger partial charge >= 0.3 is 200 Å². The summed E-state index contributed by atoms with van der Waals surface area (Å²) < 4.78 is 0. The van der Waals surface area contributed by atoms with Crippen molar-refractivity contribution in [2.75, 3.05) is 47.3 Å². The van der Waals surface area contributed by atoms with Crippen LogP contribution in [-0.2, 0) is 4.79 Å². The molecule has 4 nitrogen and oxygen atoms in total. The molecule has 0 aliphatic heterocycles. The molecule has 1 atom stereocenters. The molecule has 0 heterocycles. The van der Waals surface area contributed by atoms with Crippen molar-refractivity contribution in [3.63, 3.8) is 0 Å². The van der Waals surface area contributed by atoms with Crippen molar-refractivity contribution < 1.29 is 4.79 Å². The molecule has 33 heavy (non-hydrogen) atoms. The average Bonchev–Trinajstić information content (AvgIpc) is 2.85. The molecule has 0 saturated carbocycles. The van der Waals surface area contributed by atoms with Gasteiger partial charge in [-0.25, -0.2) is 0 Å². The number of benzene rings is 3. The first kappa shape index (κ1) is 25.1. The van der Waals surface area contributed by atoms with Gasteiger partial charge in [-0.2, -0.15) is 0 Å². The van der Waals surface area contributed by atoms with Crippen LogP contribution < -0.4 is 21.2 Å². The molecule has 0 bridgehead atoms. The molecule has 0 saturated heterocycles. The third-order valence-electron chi connectivity index (χ3n) is 6.58. The van der Waals surface area contributed by atoms with Crippen LogP contribution in [0.15, 0.2) is 91.0 Å². The predicted octanol–water partition coefficient (Wildman–Crippen LogP) is 2.71. The molecular formula is C28H38N3OP. The standard InChI is InChI=1S/C28H38N3OP/c1-24(23-30(3)20-21-31(4)28(32)22-29-2)33(25-14-8-5-9-15-25,26-16-10-6-11-17-26)27-18-12-7-13-19-27/h5-19,24,29,33H,20-23H2,1-4H3. The molecule has 0 aromatic heterocycles. The number of nitrogens with zero attached hydrogens (tertiary/aromatic N) is 2. The number of hydrogen-bond donors (Lipinski definition) is 1. The van der Waals surface area contributed by atoms with Gasteiger partial charge in [-0.1, -0.05) is 0 Å². The van der Waals surface area contributed by atoms with E-state index < -0.39 is 7.26 Å². The number of carbonyl (C=O) groups excluding carboxylic acids is 1. The van der Waals surface area contributed by atoms with Gasteiger partial charge in [0.1, 0.15) is 0 Å². The second kappa shape index (κ2) is 12.1. The molecule has 3 rings (SSSR count). The molecule has 176 valence electrons. The molecular weight excluding hydrogens is 425 g/mol. The van der Waals surface area contributed by atoms with Crippen molar-refractivity contribution in [3.8, 4) is 0 Å². The Hall–Kier alpha value is -2.52. The Morgan fingerprint density at radius 2 is 1.21 bits per heavy atom. The van der Waals surface area contributed by atoms with Gasteiger partial charge in [0.05, 0.1) is 0 Å². The Balaban J connectivity index is 1.95. The second-order valence-corrected chi connectivity index (χ2v) is 13.2. The van der Waals surface area contributed by atoms with Crippen molar-refractivity contribution in [2.45, 2.75) is 12.6 Å². The van der Waals surface area contributed by atoms with Crippen LogP contribution in [0.5, 0.6) is 0 Å². The third-order valence-corrected chi connectivity index (χ3v) is 12.0. The van der Waals surface area contributed by atoms with Crippen LogP contribution in [0, 0.1) is 0 Å². The van der Waals surface area contributed by atoms with Gasteiger partial charge in [0.15, 0.2) is 0 Å². The van der Waals surface area contributed by atoms with Crippen LogP contribution in [0.3, 0.4) is 0 Å². The van der Waals surface area contributed by atoms with E-state index in [2.05, 4.69) is 115 Å². The monoisotopic (exact) mass is 463 g/mol. The topological polar surface area (TPSA) is 35.6 Å². The van der Waals surface area contributed by atoms with E-state index >= 15 is 0 Å². The summed E-state index contributed by atoms with van der Waals surface area (Å²) in [6.07, 6.45) is 0. The maximum absolute atomic E-state index is 12.1. The van der Waals surface area contributed by atoms with E-state index in [0.29, 0.717) is 12.2 Å². The average molecular weight is 464 g/mol. The van der Waals surface area contributed by atoms with Crippen LogP contribution >= 0.6 is 7.26 Å². The molecule has 1 N–H and O–H groups in total. The number of nitrogens with one attached hydrogen (secondary N) is 1. The first-order valence-electron chi connectivity index (χ1n) is 11.7. The van der Waals surface area contributed by atoms with E-state index in [1.165, 1.54) is 15.9 Å². The Morgan fingerprint density at radius 1 is 0.788 bits per heavy atom. The summed E-state index contributed by atoms with van der Waals surface area (Å²) in [4.78, 5) is 16.3. The Kier molecular flexibility index (Phi) is 9.20. The first-order valence-corrected chi connectivity index (χ1v) is 13.8. The van der Waals surface area contributed by atoms with Crippen LogP contribution in [0.1, 0.15) is 6.92 Å². The summed E-state index contributed by atoms with van der Waals surface area (Å²) in [7, 11) is 3.55. The number of amides is 1. The zero-order valence-corrected chi connectivity index (χ0v) is 21.4. The molecule has 1 amide bonds. The summed E-state index contributed by atoms with van der Waals surface area (Å²) >= 11 is 0. The minimum absolute atomic E-state index is 0.125. The zero-order valence-electron chi connectivity index (χ0n) is 20.4. The fourth-order valence-electron chi connectivity index (χ4n) is 4.88. The molecule has 1 unspecified atom stereocenters. The van der Waals surface area contributed by atoms with Gasteiger partial charge in [0, 0.05) is 0 Å². The van der Waals surface area contributed by atoms with Gasteiger partial charge in [-0.3, -0.25) is 0 Å². The first-order chi connectivity index (χ1) is 16.0. The van der Waals surface area contributed by atoms with Crippen molar-refractivity contribution >= 4 is 29.1 Å². The molecule has 0 aliphatic rings. The molecule has 0 fully saturated rings. The molecule has 5 heteroatoms. The quantitative estimate of drug-likeness (QED) is 0.444. The molecule has 0 aliphatic carbocycles. The van der Waals surface area contributed by atoms with Crippen molar-refractivity contribution in [3.05, 3.63) is 91.0 Å². The van der Waals surface area contributed by atoms with E-state index in [4.69, 9.17) is 0 Å². The van der Waals surface area contributed by atoms with Crippen molar-refractivity contribution in [1.29, 1.82) is 0 Å². The van der Waals surface area contributed by atoms with Gasteiger partial charge in [-0.05, 0) is 0 Å². The summed E-state index contributed by atoms with van der Waals surface area (Å²) in [6, 6.07) is 33.2. The van der Waals surface area contributed by atoms with Crippen molar-refractivity contribution in [1.82, 2.24) is 15.1 Å². The number of carbonyl (C=O) groups is 1. The van der Waals surface area contributed by atoms with E-state index in [-0.39, 0.29) is 5.91 Å². The van der Waals surface area contributed by atoms with E-state index in [1.807, 2.05) is 11.9 Å². The summed E-state index contributed by atoms with van der Waals surface area (Å²) in [5.41, 5.74) is 0.424. The van der Waals surface area contributed by atoms with Crippen LogP contribution in [0.2, 0.25) is 0 Å². The number of likely N-dealkylation sites (N-methyl/N-ethyl adjacent to an activating group) is 3. The Labute approximate surface area is 200 Å². The third kappa shape index (κ3) is 5.89. The van der Waals surface area contributed by atoms with E-state index in [9.17, 15) is 4.79 Å². The molecule has 3 aromatic carbocycles. The SMILES string of the molecule is CNCC(=O)N(C)CCN(C)CC(C)[PH](c1ccccc1)(c1ccccc1)c1ccccc1. The summed E-state index contributed by atoms with van der Waals surface area (Å²) in [5, 5.41) is 7.25. The second-order valence-electron chi connectivity index (χ2n) is 8.92. The number of rotatable bonds is 11.